The first-order chi connectivity index (χ1) is 28.7. The van der Waals surface area contributed by atoms with Crippen molar-refractivity contribution < 1.29 is 4.42 Å². The van der Waals surface area contributed by atoms with Crippen LogP contribution in [-0.4, -0.2) is 19.5 Å². The van der Waals surface area contributed by atoms with Crippen LogP contribution in [0.5, 0.6) is 0 Å². The maximum absolute atomic E-state index is 6.71. The predicted molar refractivity (Wildman–Crippen MR) is 238 cm³/mol. The van der Waals surface area contributed by atoms with Gasteiger partial charge in [0.05, 0.1) is 11.0 Å². The Morgan fingerprint density at radius 2 is 0.879 bits per heavy atom. The molecule has 12 rings (SSSR count). The zero-order chi connectivity index (χ0) is 38.2. The van der Waals surface area contributed by atoms with Crippen molar-refractivity contribution in [1.29, 1.82) is 0 Å². The third-order valence-electron chi connectivity index (χ3n) is 11.4. The van der Waals surface area contributed by atoms with E-state index in [9.17, 15) is 0 Å². The van der Waals surface area contributed by atoms with Crippen molar-refractivity contribution >= 4 is 65.3 Å². The van der Waals surface area contributed by atoms with Gasteiger partial charge in [0.2, 0.25) is 0 Å². The number of nitrogens with zero attached hydrogens (tertiary/aromatic N) is 4. The van der Waals surface area contributed by atoms with E-state index >= 15 is 0 Å². The van der Waals surface area contributed by atoms with Gasteiger partial charge in [-0.3, -0.25) is 0 Å². The lowest BCUT2D eigenvalue weighted by molar-refractivity contribution is 0.668. The first-order valence-corrected chi connectivity index (χ1v) is 19.5. The molecule has 0 unspecified atom stereocenters. The molecule has 0 aliphatic rings. The Labute approximate surface area is 333 Å². The van der Waals surface area contributed by atoms with Crippen LogP contribution in [-0.2, 0) is 0 Å². The molecular weight excluding hydrogens is 709 g/mol. The van der Waals surface area contributed by atoms with E-state index in [4.69, 9.17) is 19.4 Å². The van der Waals surface area contributed by atoms with Gasteiger partial charge >= 0.3 is 0 Å². The summed E-state index contributed by atoms with van der Waals surface area (Å²) in [6.45, 7) is 0. The number of furan rings is 1. The van der Waals surface area contributed by atoms with E-state index in [0.717, 1.165) is 66.1 Å². The van der Waals surface area contributed by atoms with Crippen LogP contribution in [0.2, 0.25) is 0 Å². The summed E-state index contributed by atoms with van der Waals surface area (Å²) in [6.07, 6.45) is 0. The minimum Gasteiger partial charge on any atom is -0.456 e. The zero-order valence-corrected chi connectivity index (χ0v) is 31.2. The average molecular weight is 741 g/mol. The van der Waals surface area contributed by atoms with E-state index in [1.807, 2.05) is 0 Å². The quantitative estimate of drug-likeness (QED) is 0.176. The number of rotatable bonds is 5. The molecule has 0 aliphatic heterocycles. The molecule has 58 heavy (non-hydrogen) atoms. The highest BCUT2D eigenvalue weighted by Crippen LogP contribution is 2.40. The van der Waals surface area contributed by atoms with E-state index in [1.54, 1.807) is 0 Å². The molecular formula is C53H32N4O. The summed E-state index contributed by atoms with van der Waals surface area (Å²) in [7, 11) is 0. The van der Waals surface area contributed by atoms with Crippen LogP contribution in [0.1, 0.15) is 0 Å². The minimum atomic E-state index is 0.587. The van der Waals surface area contributed by atoms with Crippen molar-refractivity contribution in [3.05, 3.63) is 194 Å². The summed E-state index contributed by atoms with van der Waals surface area (Å²) in [5.41, 5.74) is 10.1. The average Bonchev–Trinajstić information content (AvgIpc) is 3.83. The number of hydrogen-bond donors (Lipinski definition) is 0. The highest BCUT2D eigenvalue weighted by molar-refractivity contribution is 6.16. The summed E-state index contributed by atoms with van der Waals surface area (Å²) in [5.74, 6) is 1.83. The van der Waals surface area contributed by atoms with Gasteiger partial charge in [-0.25, -0.2) is 15.0 Å². The van der Waals surface area contributed by atoms with Crippen LogP contribution >= 0.6 is 0 Å². The maximum Gasteiger partial charge on any atom is 0.164 e. The Kier molecular flexibility index (Phi) is 7.16. The standard InChI is InChI=1S/C53H32N4O/c1-2-13-35(14-3-1)42-18-10-20-47-50(42)45-17-8-9-19-46(45)57(47)41-26-28-44-43-27-25-40(31-48(43)58-49(44)32-41)53-55-51(38-23-21-33-11-4-6-15-36(33)29-38)54-52(56-53)39-24-22-34-12-5-7-16-37(34)30-39/h1-32H. The third-order valence-corrected chi connectivity index (χ3v) is 11.4. The molecule has 0 amide bonds. The summed E-state index contributed by atoms with van der Waals surface area (Å²) < 4.78 is 9.06. The van der Waals surface area contributed by atoms with Crippen LogP contribution in [0.15, 0.2) is 199 Å². The second-order valence-electron chi connectivity index (χ2n) is 14.8. The number of hydrogen-bond acceptors (Lipinski definition) is 4. The van der Waals surface area contributed by atoms with Gasteiger partial charge in [0.15, 0.2) is 17.5 Å². The van der Waals surface area contributed by atoms with Crippen LogP contribution in [0, 0.1) is 0 Å². The molecule has 9 aromatic carbocycles. The number of aromatic nitrogens is 4. The number of fused-ring (bicyclic) bond motifs is 8. The smallest absolute Gasteiger partial charge is 0.164 e. The largest absolute Gasteiger partial charge is 0.456 e. The number of para-hydroxylation sites is 1. The van der Waals surface area contributed by atoms with E-state index in [0.29, 0.717) is 17.5 Å². The second-order valence-corrected chi connectivity index (χ2v) is 14.8. The Balaban J connectivity index is 1.00. The third kappa shape index (κ3) is 5.21. The van der Waals surface area contributed by atoms with Crippen molar-refractivity contribution in [2.45, 2.75) is 0 Å². The van der Waals surface area contributed by atoms with Gasteiger partial charge in [-0.1, -0.05) is 140 Å². The lowest BCUT2D eigenvalue weighted by Crippen LogP contribution is -2.00. The van der Waals surface area contributed by atoms with E-state index in [2.05, 4.69) is 199 Å². The van der Waals surface area contributed by atoms with Crippen molar-refractivity contribution in [2.24, 2.45) is 0 Å². The molecule has 5 heteroatoms. The van der Waals surface area contributed by atoms with E-state index in [-0.39, 0.29) is 0 Å². The van der Waals surface area contributed by atoms with Gasteiger partial charge in [0.25, 0.3) is 0 Å². The summed E-state index contributed by atoms with van der Waals surface area (Å²) in [6, 6.07) is 68.1. The van der Waals surface area contributed by atoms with Gasteiger partial charge in [0, 0.05) is 50.0 Å². The van der Waals surface area contributed by atoms with Crippen LogP contribution in [0.3, 0.4) is 0 Å². The Hall–Kier alpha value is -7.89. The topological polar surface area (TPSA) is 56.7 Å². The van der Waals surface area contributed by atoms with Crippen LogP contribution in [0.4, 0.5) is 0 Å². The SMILES string of the molecule is c1ccc(-c2cccc3c2c2ccccc2n3-c2ccc3c(c2)oc2cc(-c4nc(-c5ccc6ccccc6c5)nc(-c5ccc6ccccc6c5)n4)ccc23)cc1. The maximum atomic E-state index is 6.71. The molecule has 0 radical (unpaired) electrons. The predicted octanol–water partition coefficient (Wildman–Crippen LogP) is 13.8. The van der Waals surface area contributed by atoms with Crippen molar-refractivity contribution in [2.75, 3.05) is 0 Å². The Morgan fingerprint density at radius 3 is 1.57 bits per heavy atom. The fraction of sp³-hybridized carbons (Fsp3) is 0. The lowest BCUT2D eigenvalue weighted by atomic mass is 9.99. The Morgan fingerprint density at radius 1 is 0.345 bits per heavy atom. The molecule has 0 aliphatic carbocycles. The molecule has 0 N–H and O–H groups in total. The fourth-order valence-electron chi connectivity index (χ4n) is 8.62. The molecule has 0 fully saturated rings. The van der Waals surface area contributed by atoms with Gasteiger partial charge in [-0.05, 0) is 81.2 Å². The second kappa shape index (κ2) is 12.8. The van der Waals surface area contributed by atoms with E-state index in [1.165, 1.54) is 32.7 Å². The molecule has 0 saturated heterocycles. The minimum absolute atomic E-state index is 0.587. The summed E-state index contributed by atoms with van der Waals surface area (Å²) in [5, 5.41) is 9.16. The highest BCUT2D eigenvalue weighted by atomic mass is 16.3. The molecule has 0 atom stereocenters. The van der Waals surface area contributed by atoms with Gasteiger partial charge in [-0.15, -0.1) is 0 Å². The molecule has 0 spiro atoms. The van der Waals surface area contributed by atoms with Gasteiger partial charge < -0.3 is 8.98 Å². The number of benzene rings is 9. The molecule has 0 bridgehead atoms. The van der Waals surface area contributed by atoms with Crippen LogP contribution in [0.25, 0.3) is 116 Å². The fourth-order valence-corrected chi connectivity index (χ4v) is 8.62. The first kappa shape index (κ1) is 32.4. The Bertz CT molecular complexity index is 3480. The highest BCUT2D eigenvalue weighted by Gasteiger charge is 2.19. The van der Waals surface area contributed by atoms with Crippen molar-refractivity contribution in [3.63, 3.8) is 0 Å². The molecule has 270 valence electrons. The van der Waals surface area contributed by atoms with E-state index < -0.39 is 0 Å². The molecule has 12 aromatic rings. The summed E-state index contributed by atoms with van der Waals surface area (Å²) >= 11 is 0. The monoisotopic (exact) mass is 740 g/mol. The van der Waals surface area contributed by atoms with Crippen LogP contribution < -0.4 is 0 Å². The van der Waals surface area contributed by atoms with Gasteiger partial charge in [0.1, 0.15) is 11.2 Å². The molecule has 0 saturated carbocycles. The van der Waals surface area contributed by atoms with Crippen molar-refractivity contribution in [3.8, 4) is 51.0 Å². The molecule has 3 aromatic heterocycles. The lowest BCUT2D eigenvalue weighted by Gasteiger charge is -2.10. The molecule has 3 heterocycles. The van der Waals surface area contributed by atoms with Crippen molar-refractivity contribution in [1.82, 2.24) is 19.5 Å². The first-order valence-electron chi connectivity index (χ1n) is 19.5. The summed E-state index contributed by atoms with van der Waals surface area (Å²) in [4.78, 5) is 15.3. The zero-order valence-electron chi connectivity index (χ0n) is 31.2. The molecule has 5 nitrogen and oxygen atoms in total. The van der Waals surface area contributed by atoms with Gasteiger partial charge in [-0.2, -0.15) is 0 Å². The normalized spacial score (nSPS) is 11.8.